The number of rotatable bonds is 10. The molecular formula is C23H30ClNO6. The van der Waals surface area contributed by atoms with Gasteiger partial charge in [0, 0.05) is 11.6 Å². The number of ether oxygens (including phenoxy) is 2. The summed E-state index contributed by atoms with van der Waals surface area (Å²) in [4.78, 5) is 20.7. The number of halogens is 1. The third-order valence-corrected chi connectivity index (χ3v) is 4.90. The Hall–Kier alpha value is -2.77. The number of carbonyl (C=O) groups is 2. The van der Waals surface area contributed by atoms with Gasteiger partial charge in [-0.3, -0.25) is 0 Å². The van der Waals surface area contributed by atoms with Crippen LogP contribution in [0.25, 0.3) is 0 Å². The van der Waals surface area contributed by atoms with Crippen molar-refractivity contribution in [3.63, 3.8) is 0 Å². The van der Waals surface area contributed by atoms with E-state index in [1.54, 1.807) is 14.2 Å². The van der Waals surface area contributed by atoms with Crippen LogP contribution in [0.1, 0.15) is 24.5 Å². The second kappa shape index (κ2) is 14.3. The van der Waals surface area contributed by atoms with E-state index in [4.69, 9.17) is 40.9 Å². The second-order valence-electron chi connectivity index (χ2n) is 6.71. The molecule has 0 saturated heterocycles. The molecule has 0 spiro atoms. The summed E-state index contributed by atoms with van der Waals surface area (Å²) in [5, 5.41) is 15.6. The van der Waals surface area contributed by atoms with Crippen LogP contribution in [0.15, 0.2) is 42.5 Å². The van der Waals surface area contributed by atoms with E-state index in [1.165, 1.54) is 11.1 Å². The van der Waals surface area contributed by atoms with Crippen LogP contribution in [0, 0.1) is 0 Å². The first-order valence-corrected chi connectivity index (χ1v) is 10.3. The van der Waals surface area contributed by atoms with Gasteiger partial charge < -0.3 is 24.6 Å². The molecule has 0 aliphatic rings. The summed E-state index contributed by atoms with van der Waals surface area (Å²) < 4.78 is 10.7. The Morgan fingerprint density at radius 2 is 1.45 bits per heavy atom. The summed E-state index contributed by atoms with van der Waals surface area (Å²) in [6, 6.07) is 14.3. The molecule has 0 aromatic heterocycles. The van der Waals surface area contributed by atoms with Crippen LogP contribution in [-0.2, 0) is 22.4 Å². The van der Waals surface area contributed by atoms with Crippen LogP contribution >= 0.6 is 11.6 Å². The van der Waals surface area contributed by atoms with Crippen molar-refractivity contribution in [1.29, 1.82) is 0 Å². The van der Waals surface area contributed by atoms with Crippen LogP contribution in [0.3, 0.4) is 0 Å². The van der Waals surface area contributed by atoms with E-state index < -0.39 is 11.9 Å². The molecule has 0 amide bonds. The van der Waals surface area contributed by atoms with Crippen LogP contribution in [-0.4, -0.2) is 60.9 Å². The molecule has 2 aromatic carbocycles. The van der Waals surface area contributed by atoms with Crippen molar-refractivity contribution < 1.29 is 29.3 Å². The minimum atomic E-state index is -1.82. The lowest BCUT2D eigenvalue weighted by Crippen LogP contribution is -2.27. The maximum atomic E-state index is 9.10. The number of nitrogens with zero attached hydrogens (tertiary/aromatic N) is 1. The first kappa shape index (κ1) is 26.3. The second-order valence-corrected chi connectivity index (χ2v) is 7.15. The molecular weight excluding hydrogens is 422 g/mol. The summed E-state index contributed by atoms with van der Waals surface area (Å²) in [7, 11) is 3.34. The Morgan fingerprint density at radius 1 is 0.871 bits per heavy atom. The molecule has 0 aliphatic heterocycles. The lowest BCUT2D eigenvalue weighted by Gasteiger charge is -2.20. The van der Waals surface area contributed by atoms with Gasteiger partial charge in [0.05, 0.1) is 14.2 Å². The summed E-state index contributed by atoms with van der Waals surface area (Å²) in [5.74, 6) is -2.07. The molecule has 170 valence electrons. The molecule has 31 heavy (non-hydrogen) atoms. The minimum Gasteiger partial charge on any atom is -0.493 e. The van der Waals surface area contributed by atoms with E-state index in [9.17, 15) is 0 Å². The van der Waals surface area contributed by atoms with Gasteiger partial charge in [-0.1, -0.05) is 36.7 Å². The quantitative estimate of drug-likeness (QED) is 0.527. The Bertz CT molecular complexity index is 813. The zero-order valence-corrected chi connectivity index (χ0v) is 18.9. The first-order valence-electron chi connectivity index (χ1n) is 9.94. The molecule has 0 heterocycles. The molecule has 0 aliphatic carbocycles. The van der Waals surface area contributed by atoms with E-state index >= 15 is 0 Å². The SMILES string of the molecule is CCN(CCCc1ccc(Cl)cc1)CCc1ccc(OC)c(OC)c1.O=C(O)C(=O)O. The number of hydrogen-bond acceptors (Lipinski definition) is 5. The first-order chi connectivity index (χ1) is 14.8. The molecule has 0 atom stereocenters. The van der Waals surface area contributed by atoms with E-state index in [0.29, 0.717) is 0 Å². The summed E-state index contributed by atoms with van der Waals surface area (Å²) in [6.07, 6.45) is 3.25. The van der Waals surface area contributed by atoms with Crippen molar-refractivity contribution >= 4 is 23.5 Å². The molecule has 7 nitrogen and oxygen atoms in total. The van der Waals surface area contributed by atoms with Crippen molar-refractivity contribution in [3.05, 3.63) is 58.6 Å². The zero-order chi connectivity index (χ0) is 23.2. The predicted molar refractivity (Wildman–Crippen MR) is 120 cm³/mol. The summed E-state index contributed by atoms with van der Waals surface area (Å²) in [6.45, 7) is 5.43. The van der Waals surface area contributed by atoms with Gasteiger partial charge in [-0.2, -0.15) is 0 Å². The van der Waals surface area contributed by atoms with Gasteiger partial charge in [0.1, 0.15) is 0 Å². The molecule has 8 heteroatoms. The smallest absolute Gasteiger partial charge is 0.414 e. The van der Waals surface area contributed by atoms with Gasteiger partial charge >= 0.3 is 11.9 Å². The monoisotopic (exact) mass is 451 g/mol. The number of aliphatic carboxylic acids is 2. The highest BCUT2D eigenvalue weighted by atomic mass is 35.5. The molecule has 0 saturated carbocycles. The molecule has 2 aromatic rings. The fourth-order valence-corrected chi connectivity index (χ4v) is 3.04. The van der Waals surface area contributed by atoms with Gasteiger partial charge in [0.15, 0.2) is 11.5 Å². The number of carboxylic acid groups (broad SMARTS) is 2. The fourth-order valence-electron chi connectivity index (χ4n) is 2.91. The Morgan fingerprint density at radius 3 is 1.97 bits per heavy atom. The number of methoxy groups -OCH3 is 2. The van der Waals surface area contributed by atoms with E-state index in [2.05, 4.69) is 36.1 Å². The molecule has 0 radical (unpaired) electrons. The molecule has 2 rings (SSSR count). The van der Waals surface area contributed by atoms with Crippen molar-refractivity contribution in [3.8, 4) is 11.5 Å². The fraction of sp³-hybridized carbons (Fsp3) is 0.391. The largest absolute Gasteiger partial charge is 0.493 e. The topological polar surface area (TPSA) is 96.3 Å². The average Bonchev–Trinajstić information content (AvgIpc) is 2.77. The van der Waals surface area contributed by atoms with Gasteiger partial charge in [0.25, 0.3) is 0 Å². The number of benzene rings is 2. The standard InChI is InChI=1S/C21H28ClNO2.C2H2O4/c1-4-23(14-5-6-17-7-10-19(22)11-8-17)15-13-18-9-12-20(24-2)21(16-18)25-3;3-1(4)2(5)6/h7-12,16H,4-6,13-15H2,1-3H3;(H,3,4)(H,5,6). The summed E-state index contributed by atoms with van der Waals surface area (Å²) in [5.41, 5.74) is 2.62. The highest BCUT2D eigenvalue weighted by Crippen LogP contribution is 2.27. The average molecular weight is 452 g/mol. The van der Waals surface area contributed by atoms with Crippen LogP contribution < -0.4 is 9.47 Å². The Kier molecular flexibility index (Phi) is 12.1. The van der Waals surface area contributed by atoms with Crippen molar-refractivity contribution in [1.82, 2.24) is 4.90 Å². The van der Waals surface area contributed by atoms with Gasteiger partial charge in [-0.15, -0.1) is 0 Å². The Balaban J connectivity index is 0.000000703. The number of hydrogen-bond donors (Lipinski definition) is 2. The minimum absolute atomic E-state index is 0.779. The predicted octanol–water partition coefficient (Wildman–Crippen LogP) is 4.01. The molecule has 0 unspecified atom stereocenters. The normalized spacial score (nSPS) is 10.2. The van der Waals surface area contributed by atoms with Crippen molar-refractivity contribution in [2.24, 2.45) is 0 Å². The highest BCUT2D eigenvalue weighted by molar-refractivity contribution is 6.30. The van der Waals surface area contributed by atoms with E-state index in [1.807, 2.05) is 18.2 Å². The highest BCUT2D eigenvalue weighted by Gasteiger charge is 2.07. The van der Waals surface area contributed by atoms with E-state index in [0.717, 1.165) is 55.4 Å². The van der Waals surface area contributed by atoms with Gasteiger partial charge in [0.2, 0.25) is 0 Å². The molecule has 2 N–H and O–H groups in total. The number of aryl methyl sites for hydroxylation is 1. The number of likely N-dealkylation sites (N-methyl/N-ethyl adjacent to an activating group) is 1. The van der Waals surface area contributed by atoms with E-state index in [-0.39, 0.29) is 0 Å². The third kappa shape index (κ3) is 10.2. The lowest BCUT2D eigenvalue weighted by atomic mass is 10.1. The van der Waals surface area contributed by atoms with Gasteiger partial charge in [-0.25, -0.2) is 9.59 Å². The van der Waals surface area contributed by atoms with Crippen molar-refractivity contribution in [2.45, 2.75) is 26.2 Å². The van der Waals surface area contributed by atoms with Crippen LogP contribution in [0.2, 0.25) is 5.02 Å². The number of carboxylic acids is 2. The maximum absolute atomic E-state index is 9.10. The van der Waals surface area contributed by atoms with Crippen LogP contribution in [0.4, 0.5) is 0 Å². The lowest BCUT2D eigenvalue weighted by molar-refractivity contribution is -0.159. The van der Waals surface area contributed by atoms with Crippen LogP contribution in [0.5, 0.6) is 11.5 Å². The Labute approximate surface area is 188 Å². The van der Waals surface area contributed by atoms with Crippen molar-refractivity contribution in [2.75, 3.05) is 33.9 Å². The summed E-state index contributed by atoms with van der Waals surface area (Å²) >= 11 is 5.93. The van der Waals surface area contributed by atoms with Gasteiger partial charge in [-0.05, 0) is 67.7 Å². The third-order valence-electron chi connectivity index (χ3n) is 4.65. The maximum Gasteiger partial charge on any atom is 0.414 e. The molecule has 0 bridgehead atoms. The zero-order valence-electron chi connectivity index (χ0n) is 18.1. The molecule has 0 fully saturated rings.